The van der Waals surface area contributed by atoms with Crippen molar-refractivity contribution < 1.29 is 62.3 Å². The van der Waals surface area contributed by atoms with Crippen molar-refractivity contribution in [2.45, 2.75) is 115 Å². The number of Topliss-reactive ketones (excluding diaryl/α,β-unsaturated/α-hetero) is 1. The number of fused-ring (bicyclic) bond motifs is 1. The van der Waals surface area contributed by atoms with E-state index in [-0.39, 0.29) is 30.4 Å². The summed E-state index contributed by atoms with van der Waals surface area (Å²) in [6, 6.07) is 0. The second kappa shape index (κ2) is 9.47. The Kier molecular flexibility index (Phi) is 6.91. The molecule has 2 aliphatic carbocycles. The van der Waals surface area contributed by atoms with Crippen LogP contribution in [0.3, 0.4) is 0 Å². The molecule has 45 heavy (non-hydrogen) atoms. The van der Waals surface area contributed by atoms with Crippen molar-refractivity contribution in [1.82, 2.24) is 0 Å². The fourth-order valence-electron chi connectivity index (χ4n) is 9.09. The predicted molar refractivity (Wildman–Crippen MR) is 151 cm³/mol. The van der Waals surface area contributed by atoms with Gasteiger partial charge in [-0.15, -0.1) is 0 Å². The van der Waals surface area contributed by atoms with Gasteiger partial charge < -0.3 is 33.5 Å². The van der Waals surface area contributed by atoms with E-state index in [1.165, 1.54) is 54.7 Å². The molecule has 2 saturated carbocycles. The Labute approximate surface area is 260 Å². The number of ketones is 1. The van der Waals surface area contributed by atoms with Crippen LogP contribution in [-0.4, -0.2) is 88.6 Å². The Morgan fingerprint density at radius 2 is 1.71 bits per heavy atom. The van der Waals surface area contributed by atoms with Gasteiger partial charge in [0.2, 0.25) is 17.0 Å². The summed E-state index contributed by atoms with van der Waals surface area (Å²) < 4.78 is 35.2. The van der Waals surface area contributed by atoms with Gasteiger partial charge in [-0.05, 0) is 60.0 Å². The third-order valence-corrected chi connectivity index (χ3v) is 11.5. The summed E-state index contributed by atoms with van der Waals surface area (Å²) in [6.07, 6.45) is -3.77. The van der Waals surface area contributed by atoms with Crippen LogP contribution in [0.5, 0.6) is 0 Å². The van der Waals surface area contributed by atoms with Crippen LogP contribution < -0.4 is 0 Å². The van der Waals surface area contributed by atoms with Gasteiger partial charge in [0, 0.05) is 24.3 Å². The summed E-state index contributed by atoms with van der Waals surface area (Å²) in [5, 5.41) is 12.0. The Morgan fingerprint density at radius 3 is 2.24 bits per heavy atom. The van der Waals surface area contributed by atoms with Crippen LogP contribution in [0.4, 0.5) is 0 Å². The van der Waals surface area contributed by atoms with E-state index in [2.05, 4.69) is 6.58 Å². The van der Waals surface area contributed by atoms with Crippen molar-refractivity contribution in [3.05, 3.63) is 23.8 Å². The first-order chi connectivity index (χ1) is 20.7. The van der Waals surface area contributed by atoms with Crippen molar-refractivity contribution >= 4 is 35.6 Å². The largest absolute Gasteiger partial charge is 0.469 e. The monoisotopic (exact) mass is 632 g/mol. The van der Waals surface area contributed by atoms with Crippen molar-refractivity contribution in [2.75, 3.05) is 7.11 Å². The van der Waals surface area contributed by atoms with Gasteiger partial charge in [0.05, 0.1) is 18.1 Å². The molecular weight excluding hydrogens is 592 g/mol. The molecule has 0 aromatic carbocycles. The van der Waals surface area contributed by atoms with Crippen LogP contribution in [0.2, 0.25) is 0 Å². The fourth-order valence-corrected chi connectivity index (χ4v) is 9.09. The van der Waals surface area contributed by atoms with E-state index in [1.807, 2.05) is 0 Å². The lowest BCUT2D eigenvalue weighted by atomic mass is 9.35. The molecule has 0 radical (unpaired) electrons. The van der Waals surface area contributed by atoms with Crippen LogP contribution in [0, 0.1) is 16.2 Å². The Bertz CT molecular complexity index is 1490. The van der Waals surface area contributed by atoms with E-state index in [0.717, 1.165) is 6.92 Å². The molecule has 5 aliphatic rings. The molecule has 0 aromatic heterocycles. The quantitative estimate of drug-likeness (QED) is 0.141. The van der Waals surface area contributed by atoms with Crippen LogP contribution >= 0.6 is 0 Å². The number of carbonyl (C=O) groups excluding carboxylic acids is 6. The topological polar surface area (TPSA) is 178 Å². The molecule has 5 rings (SSSR count). The van der Waals surface area contributed by atoms with Crippen LogP contribution in [0.1, 0.15) is 74.7 Å². The van der Waals surface area contributed by atoms with Gasteiger partial charge >= 0.3 is 29.8 Å². The standard InChI is InChI=1S/C32H40O13/c1-11-15(2)21(35)43-19-14-29(26(6,7)39,13-12-20(34)40-10)16(3)31-23(42-18(5)33)27(8)22(36)30(28(19,31)9)24(37)41-17(4)32(30,45-31)25(38)44-27/h11,17,19,23,39H,3,12-14H2,1-2,4-10H3/b15-11+/t17?,19-,23-,27+,28?,29+,30+,31+,32-/m0/s1. The van der Waals surface area contributed by atoms with Gasteiger partial charge in [0.15, 0.2) is 11.5 Å². The van der Waals surface area contributed by atoms with E-state index < -0.39 is 92.6 Å². The summed E-state index contributed by atoms with van der Waals surface area (Å²) in [4.78, 5) is 82.3. The van der Waals surface area contributed by atoms with Crippen molar-refractivity contribution in [1.29, 1.82) is 0 Å². The summed E-state index contributed by atoms with van der Waals surface area (Å²) in [7, 11) is 1.21. The molecule has 1 N–H and O–H groups in total. The number of hydrogen-bond donors (Lipinski definition) is 1. The zero-order chi connectivity index (χ0) is 33.9. The number of rotatable bonds is 7. The number of allylic oxidation sites excluding steroid dienone is 1. The van der Waals surface area contributed by atoms with Crippen molar-refractivity contribution in [2.24, 2.45) is 16.2 Å². The minimum absolute atomic E-state index is 0.0281. The average Bonchev–Trinajstić information content (AvgIpc) is 3.27. The Morgan fingerprint density at radius 1 is 1.09 bits per heavy atom. The molecule has 1 spiro atoms. The molecule has 3 bridgehead atoms. The number of ether oxygens (including phenoxy) is 6. The molecule has 3 aliphatic heterocycles. The number of cyclic esters (lactones) is 1. The summed E-state index contributed by atoms with van der Waals surface area (Å²) in [6.45, 7) is 15.6. The van der Waals surface area contributed by atoms with Gasteiger partial charge in [-0.25, -0.2) is 9.59 Å². The van der Waals surface area contributed by atoms with Gasteiger partial charge in [0.1, 0.15) is 17.8 Å². The third-order valence-electron chi connectivity index (χ3n) is 11.5. The molecule has 2 unspecified atom stereocenters. The zero-order valence-corrected chi connectivity index (χ0v) is 27.0. The number of esters is 5. The lowest BCUT2D eigenvalue weighted by molar-refractivity contribution is -0.271. The summed E-state index contributed by atoms with van der Waals surface area (Å²) in [5.74, 6) is -5.43. The van der Waals surface area contributed by atoms with Gasteiger partial charge in [-0.3, -0.25) is 19.2 Å². The first-order valence-corrected chi connectivity index (χ1v) is 14.9. The highest BCUT2D eigenvalue weighted by molar-refractivity contribution is 6.21. The molecule has 13 nitrogen and oxygen atoms in total. The second-order valence-corrected chi connectivity index (χ2v) is 13.7. The average molecular weight is 633 g/mol. The van der Waals surface area contributed by atoms with E-state index in [0.29, 0.717) is 0 Å². The highest BCUT2D eigenvalue weighted by Crippen LogP contribution is 2.82. The van der Waals surface area contributed by atoms with Crippen LogP contribution in [-0.2, 0) is 57.2 Å². The molecular formula is C32H40O13. The Hall–Kier alpha value is -3.58. The first kappa shape index (κ1) is 32.8. The maximum atomic E-state index is 14.9. The maximum Gasteiger partial charge on any atom is 0.345 e. The SMILES string of the molecule is C=C1[C@](CCC(=O)OC)(C(C)(C)O)C[C@H](OC(=O)/C(C)=C/C)C2(C)[C@@]34C(=O)OC(C)[C@@]35O[C@@]12[C@@H](OC(C)=O)[C@](C)(OC5=O)C4=O. The summed E-state index contributed by atoms with van der Waals surface area (Å²) >= 11 is 0. The van der Waals surface area contributed by atoms with E-state index in [4.69, 9.17) is 28.4 Å². The minimum atomic E-state index is -2.45. The number of carbonyl (C=O) groups is 6. The lowest BCUT2D eigenvalue weighted by Gasteiger charge is -2.68. The van der Waals surface area contributed by atoms with Crippen LogP contribution in [0.25, 0.3) is 0 Å². The normalized spacial score (nSPS) is 43.2. The molecule has 5 fully saturated rings. The minimum Gasteiger partial charge on any atom is -0.469 e. The lowest BCUT2D eigenvalue weighted by Crippen LogP contribution is -2.85. The van der Waals surface area contributed by atoms with Gasteiger partial charge in [-0.1, -0.05) is 19.6 Å². The molecule has 13 heteroatoms. The van der Waals surface area contributed by atoms with Crippen LogP contribution in [0.15, 0.2) is 23.8 Å². The first-order valence-electron chi connectivity index (χ1n) is 14.9. The highest BCUT2D eigenvalue weighted by atomic mass is 16.7. The van der Waals surface area contributed by atoms with E-state index in [1.54, 1.807) is 6.92 Å². The maximum absolute atomic E-state index is 14.9. The predicted octanol–water partition coefficient (Wildman–Crippen LogP) is 1.81. The number of methoxy groups -OCH3 is 1. The molecule has 9 atom stereocenters. The third kappa shape index (κ3) is 3.30. The number of hydrogen-bond acceptors (Lipinski definition) is 13. The van der Waals surface area contributed by atoms with Crippen molar-refractivity contribution in [3.8, 4) is 0 Å². The molecule has 246 valence electrons. The molecule has 0 amide bonds. The summed E-state index contributed by atoms with van der Waals surface area (Å²) in [5.41, 5.74) is -14.5. The molecule has 3 saturated heterocycles. The smallest absolute Gasteiger partial charge is 0.345 e. The highest BCUT2D eigenvalue weighted by Gasteiger charge is 3.03. The fraction of sp³-hybridized carbons (Fsp3) is 0.688. The van der Waals surface area contributed by atoms with Crippen molar-refractivity contribution in [3.63, 3.8) is 0 Å². The number of aliphatic hydroxyl groups is 1. The second-order valence-electron chi connectivity index (χ2n) is 13.7. The Balaban J connectivity index is 1.95. The van der Waals surface area contributed by atoms with E-state index >= 15 is 0 Å². The zero-order valence-electron chi connectivity index (χ0n) is 27.0. The molecule has 3 heterocycles. The van der Waals surface area contributed by atoms with E-state index in [9.17, 15) is 33.9 Å². The van der Waals surface area contributed by atoms with Gasteiger partial charge in [0.25, 0.3) is 0 Å². The molecule has 0 aromatic rings. The van der Waals surface area contributed by atoms with Gasteiger partial charge in [-0.2, -0.15) is 0 Å².